The lowest BCUT2D eigenvalue weighted by Crippen LogP contribution is -2.00. The van der Waals surface area contributed by atoms with Crippen LogP contribution in [0.5, 0.6) is 0 Å². The molecule has 1 N–H and O–H groups in total. The molecule has 0 aliphatic rings. The van der Waals surface area contributed by atoms with Crippen molar-refractivity contribution in [2.75, 3.05) is 11.9 Å². The number of aromatic nitrogens is 3. The molecule has 27 heavy (non-hydrogen) atoms. The lowest BCUT2D eigenvalue weighted by molar-refractivity contribution is 0.619. The molecule has 0 radical (unpaired) electrons. The standard InChI is InChI=1S/C22H21FN4/c1-4-20-18(10-7-16-8-11-21(24-5-2)25-13-16)22(27-14-26-20)17-9-6-15(3)19(23)12-17/h6,8-9,11-14H,4-5H2,1-3H3,(H,24,25). The summed E-state index contributed by atoms with van der Waals surface area (Å²) in [4.78, 5) is 13.0. The Bertz CT molecular complexity index is 1000. The summed E-state index contributed by atoms with van der Waals surface area (Å²) in [7, 11) is 0. The predicted octanol–water partition coefficient (Wildman–Crippen LogP) is 4.38. The summed E-state index contributed by atoms with van der Waals surface area (Å²) in [6, 6.07) is 8.91. The summed E-state index contributed by atoms with van der Waals surface area (Å²) in [5.74, 6) is 6.86. The van der Waals surface area contributed by atoms with E-state index < -0.39 is 0 Å². The molecule has 0 saturated carbocycles. The summed E-state index contributed by atoms with van der Waals surface area (Å²) in [5, 5.41) is 3.15. The second-order valence-electron chi connectivity index (χ2n) is 6.07. The maximum Gasteiger partial charge on any atom is 0.126 e. The SMILES string of the molecule is CCNc1ccc(C#Cc2c(CC)ncnc2-c2ccc(C)c(F)c2)cn1. The first-order chi connectivity index (χ1) is 13.1. The van der Waals surface area contributed by atoms with E-state index in [9.17, 15) is 4.39 Å². The Hall–Kier alpha value is -3.26. The Morgan fingerprint density at radius 1 is 1.04 bits per heavy atom. The number of hydrogen-bond donors (Lipinski definition) is 1. The zero-order chi connectivity index (χ0) is 19.2. The zero-order valence-corrected chi connectivity index (χ0v) is 15.7. The third-order valence-electron chi connectivity index (χ3n) is 4.16. The van der Waals surface area contributed by atoms with Crippen LogP contribution in [-0.4, -0.2) is 21.5 Å². The maximum atomic E-state index is 14.0. The first-order valence-corrected chi connectivity index (χ1v) is 8.94. The highest BCUT2D eigenvalue weighted by molar-refractivity contribution is 5.69. The molecule has 2 aromatic heterocycles. The molecule has 0 bridgehead atoms. The van der Waals surface area contributed by atoms with E-state index in [4.69, 9.17) is 0 Å². The molecule has 4 nitrogen and oxygen atoms in total. The molecule has 0 saturated heterocycles. The van der Waals surface area contributed by atoms with Crippen molar-refractivity contribution in [2.24, 2.45) is 0 Å². The van der Waals surface area contributed by atoms with Crippen molar-refractivity contribution in [3.63, 3.8) is 0 Å². The zero-order valence-electron chi connectivity index (χ0n) is 15.7. The monoisotopic (exact) mass is 360 g/mol. The quantitative estimate of drug-likeness (QED) is 0.702. The van der Waals surface area contributed by atoms with E-state index in [1.165, 1.54) is 12.4 Å². The molecule has 0 amide bonds. The Balaban J connectivity index is 2.03. The number of rotatable bonds is 4. The van der Waals surface area contributed by atoms with Crippen LogP contribution in [0.2, 0.25) is 0 Å². The summed E-state index contributed by atoms with van der Waals surface area (Å²) in [5.41, 5.74) is 4.29. The number of nitrogens with zero attached hydrogens (tertiary/aromatic N) is 3. The number of hydrogen-bond acceptors (Lipinski definition) is 4. The summed E-state index contributed by atoms with van der Waals surface area (Å²) < 4.78 is 14.0. The Morgan fingerprint density at radius 2 is 1.89 bits per heavy atom. The molecule has 0 atom stereocenters. The minimum absolute atomic E-state index is 0.258. The van der Waals surface area contributed by atoms with E-state index in [0.717, 1.165) is 29.2 Å². The van der Waals surface area contributed by atoms with Crippen LogP contribution in [0.4, 0.5) is 10.2 Å². The molecule has 0 unspecified atom stereocenters. The van der Waals surface area contributed by atoms with Crippen LogP contribution in [0.3, 0.4) is 0 Å². The lowest BCUT2D eigenvalue weighted by Gasteiger charge is -2.08. The van der Waals surface area contributed by atoms with E-state index in [2.05, 4.69) is 32.1 Å². The number of benzene rings is 1. The predicted molar refractivity (Wildman–Crippen MR) is 106 cm³/mol. The average Bonchev–Trinajstić information content (AvgIpc) is 2.69. The largest absolute Gasteiger partial charge is 0.370 e. The molecule has 136 valence electrons. The van der Waals surface area contributed by atoms with E-state index in [1.54, 1.807) is 19.2 Å². The molecule has 2 heterocycles. The van der Waals surface area contributed by atoms with E-state index in [0.29, 0.717) is 23.2 Å². The van der Waals surface area contributed by atoms with Crippen LogP contribution in [0.15, 0.2) is 42.9 Å². The number of halogens is 1. The second kappa shape index (κ2) is 8.41. The normalized spacial score (nSPS) is 10.2. The summed E-state index contributed by atoms with van der Waals surface area (Å²) in [6.07, 6.45) is 3.95. The fraction of sp³-hybridized carbons (Fsp3) is 0.227. The van der Waals surface area contributed by atoms with Crippen LogP contribution in [0.1, 0.15) is 36.2 Å². The van der Waals surface area contributed by atoms with Gasteiger partial charge in [0.25, 0.3) is 0 Å². The number of anilines is 1. The van der Waals surface area contributed by atoms with Crippen LogP contribution in [0.25, 0.3) is 11.3 Å². The molecule has 3 rings (SSSR count). The van der Waals surface area contributed by atoms with Crippen molar-refractivity contribution < 1.29 is 4.39 Å². The van der Waals surface area contributed by atoms with Crippen molar-refractivity contribution in [2.45, 2.75) is 27.2 Å². The number of nitrogens with one attached hydrogen (secondary N) is 1. The molecule has 0 spiro atoms. The first-order valence-electron chi connectivity index (χ1n) is 8.94. The van der Waals surface area contributed by atoms with Crippen molar-refractivity contribution in [1.82, 2.24) is 15.0 Å². The van der Waals surface area contributed by atoms with Gasteiger partial charge in [0.1, 0.15) is 18.0 Å². The van der Waals surface area contributed by atoms with E-state index in [1.807, 2.05) is 32.0 Å². The molecule has 0 fully saturated rings. The molecule has 0 aliphatic heterocycles. The van der Waals surface area contributed by atoms with Gasteiger partial charge in [-0.3, -0.25) is 0 Å². The summed E-state index contributed by atoms with van der Waals surface area (Å²) in [6.45, 7) is 6.59. The fourth-order valence-electron chi connectivity index (χ4n) is 2.67. The van der Waals surface area contributed by atoms with Crippen LogP contribution < -0.4 is 5.32 Å². The number of aryl methyl sites for hydroxylation is 2. The Morgan fingerprint density at radius 3 is 2.56 bits per heavy atom. The smallest absolute Gasteiger partial charge is 0.126 e. The molecule has 3 aromatic rings. The van der Waals surface area contributed by atoms with Gasteiger partial charge in [-0.1, -0.05) is 30.9 Å². The van der Waals surface area contributed by atoms with Gasteiger partial charge in [-0.05, 0) is 44.0 Å². The van der Waals surface area contributed by atoms with Gasteiger partial charge in [0.15, 0.2) is 0 Å². The number of pyridine rings is 1. The first kappa shape index (κ1) is 18.5. The highest BCUT2D eigenvalue weighted by atomic mass is 19.1. The van der Waals surface area contributed by atoms with Gasteiger partial charge in [-0.25, -0.2) is 19.3 Å². The second-order valence-corrected chi connectivity index (χ2v) is 6.07. The van der Waals surface area contributed by atoms with Crippen LogP contribution >= 0.6 is 0 Å². The van der Waals surface area contributed by atoms with Crippen molar-refractivity contribution in [3.8, 4) is 23.1 Å². The van der Waals surface area contributed by atoms with Crippen molar-refractivity contribution in [1.29, 1.82) is 0 Å². The van der Waals surface area contributed by atoms with Crippen LogP contribution in [-0.2, 0) is 6.42 Å². The van der Waals surface area contributed by atoms with Gasteiger partial charge in [0.05, 0.1) is 17.0 Å². The van der Waals surface area contributed by atoms with Crippen molar-refractivity contribution in [3.05, 3.63) is 71.1 Å². The van der Waals surface area contributed by atoms with Gasteiger partial charge < -0.3 is 5.32 Å². The average molecular weight is 360 g/mol. The van der Waals surface area contributed by atoms with Gasteiger partial charge in [-0.2, -0.15) is 0 Å². The maximum absolute atomic E-state index is 14.0. The lowest BCUT2D eigenvalue weighted by atomic mass is 10.0. The Kier molecular flexibility index (Phi) is 5.77. The van der Waals surface area contributed by atoms with Crippen LogP contribution in [0, 0.1) is 24.6 Å². The minimum Gasteiger partial charge on any atom is -0.370 e. The topological polar surface area (TPSA) is 50.7 Å². The Labute approximate surface area is 158 Å². The van der Waals surface area contributed by atoms with E-state index >= 15 is 0 Å². The third-order valence-corrected chi connectivity index (χ3v) is 4.16. The van der Waals surface area contributed by atoms with Crippen molar-refractivity contribution >= 4 is 5.82 Å². The molecular formula is C22H21FN4. The highest BCUT2D eigenvalue weighted by Gasteiger charge is 2.12. The molecular weight excluding hydrogens is 339 g/mol. The summed E-state index contributed by atoms with van der Waals surface area (Å²) >= 11 is 0. The fourth-order valence-corrected chi connectivity index (χ4v) is 2.67. The van der Waals surface area contributed by atoms with Gasteiger partial charge in [-0.15, -0.1) is 0 Å². The highest BCUT2D eigenvalue weighted by Crippen LogP contribution is 2.24. The van der Waals surface area contributed by atoms with Gasteiger partial charge in [0.2, 0.25) is 0 Å². The third kappa shape index (κ3) is 4.29. The molecule has 1 aromatic carbocycles. The van der Waals surface area contributed by atoms with E-state index in [-0.39, 0.29) is 5.82 Å². The van der Waals surface area contributed by atoms with Gasteiger partial charge >= 0.3 is 0 Å². The molecule has 0 aliphatic carbocycles. The minimum atomic E-state index is -0.258. The van der Waals surface area contributed by atoms with Gasteiger partial charge in [0, 0.05) is 23.9 Å². The molecule has 5 heteroatoms.